The summed E-state index contributed by atoms with van der Waals surface area (Å²) < 4.78 is 23.6. The molecule has 3 rings (SSSR count). The van der Waals surface area contributed by atoms with Gasteiger partial charge in [-0.1, -0.05) is 12.1 Å². The number of nitriles is 1. The Hall–Kier alpha value is -3.40. The van der Waals surface area contributed by atoms with Crippen LogP contribution in [0.2, 0.25) is 0 Å². The fourth-order valence-corrected chi connectivity index (χ4v) is 2.21. The van der Waals surface area contributed by atoms with Crippen molar-refractivity contribution in [2.24, 2.45) is 0 Å². The Labute approximate surface area is 130 Å². The van der Waals surface area contributed by atoms with E-state index in [-0.39, 0.29) is 29.4 Å². The number of fused-ring (bicyclic) bond motifs is 1. The maximum Gasteiger partial charge on any atom is 0.280 e. The van der Waals surface area contributed by atoms with Gasteiger partial charge in [-0.05, 0) is 29.8 Å². The van der Waals surface area contributed by atoms with Gasteiger partial charge in [-0.3, -0.25) is 10.1 Å². The SMILES string of the molecule is N#CC(=Cc1cc2c(cc1[N+](=O)[O-])OCO2)c1cccc(F)c1. The number of rotatable bonds is 3. The van der Waals surface area contributed by atoms with Gasteiger partial charge < -0.3 is 9.47 Å². The second-order valence-corrected chi connectivity index (χ2v) is 4.70. The van der Waals surface area contributed by atoms with E-state index in [1.807, 2.05) is 6.07 Å². The molecular formula is C16H9FN2O4. The first-order chi connectivity index (χ1) is 11.1. The van der Waals surface area contributed by atoms with E-state index in [1.54, 1.807) is 6.07 Å². The highest BCUT2D eigenvalue weighted by atomic mass is 19.1. The van der Waals surface area contributed by atoms with Crippen LogP contribution < -0.4 is 9.47 Å². The number of halogens is 1. The molecule has 0 saturated heterocycles. The number of benzene rings is 2. The van der Waals surface area contributed by atoms with Crippen LogP contribution in [0.3, 0.4) is 0 Å². The number of nitrogens with zero attached hydrogens (tertiary/aromatic N) is 2. The summed E-state index contributed by atoms with van der Waals surface area (Å²) in [5.74, 6) is 0.139. The molecule has 1 aliphatic rings. The molecule has 6 nitrogen and oxygen atoms in total. The van der Waals surface area contributed by atoms with Crippen molar-refractivity contribution < 1.29 is 18.8 Å². The third-order valence-corrected chi connectivity index (χ3v) is 3.27. The van der Waals surface area contributed by atoms with Gasteiger partial charge in [-0.15, -0.1) is 0 Å². The first-order valence-electron chi connectivity index (χ1n) is 6.54. The van der Waals surface area contributed by atoms with E-state index < -0.39 is 10.7 Å². The second-order valence-electron chi connectivity index (χ2n) is 4.70. The summed E-state index contributed by atoms with van der Waals surface area (Å²) in [7, 11) is 0. The smallest absolute Gasteiger partial charge is 0.280 e. The summed E-state index contributed by atoms with van der Waals surface area (Å²) in [6.45, 7) is -0.0192. The van der Waals surface area contributed by atoms with E-state index in [9.17, 15) is 19.8 Å². The van der Waals surface area contributed by atoms with Crippen molar-refractivity contribution in [3.8, 4) is 17.6 Å². The normalized spacial score (nSPS) is 12.8. The molecule has 1 heterocycles. The highest BCUT2D eigenvalue weighted by Gasteiger charge is 2.22. The van der Waals surface area contributed by atoms with Gasteiger partial charge in [0.25, 0.3) is 5.69 Å². The minimum absolute atomic E-state index is 0.0192. The number of hydrogen-bond acceptors (Lipinski definition) is 5. The average Bonchev–Trinajstić information content (AvgIpc) is 2.98. The molecule has 114 valence electrons. The molecule has 1 aliphatic heterocycles. The van der Waals surface area contributed by atoms with Gasteiger partial charge in [0, 0.05) is 0 Å². The molecule has 0 spiro atoms. The van der Waals surface area contributed by atoms with Gasteiger partial charge in [0.15, 0.2) is 11.5 Å². The van der Waals surface area contributed by atoms with Gasteiger partial charge in [-0.2, -0.15) is 5.26 Å². The molecule has 23 heavy (non-hydrogen) atoms. The van der Waals surface area contributed by atoms with Crippen LogP contribution in [0.15, 0.2) is 36.4 Å². The van der Waals surface area contributed by atoms with Crippen LogP contribution in [-0.2, 0) is 0 Å². The molecule has 0 bridgehead atoms. The van der Waals surface area contributed by atoms with Crippen molar-refractivity contribution in [3.63, 3.8) is 0 Å². The van der Waals surface area contributed by atoms with Gasteiger partial charge in [0.05, 0.1) is 28.2 Å². The van der Waals surface area contributed by atoms with E-state index in [4.69, 9.17) is 9.47 Å². The molecular weight excluding hydrogens is 303 g/mol. The minimum atomic E-state index is -0.575. The Bertz CT molecular complexity index is 871. The number of hydrogen-bond donors (Lipinski definition) is 0. The van der Waals surface area contributed by atoms with Crippen LogP contribution in [0.5, 0.6) is 11.5 Å². The van der Waals surface area contributed by atoms with E-state index >= 15 is 0 Å². The third kappa shape index (κ3) is 2.82. The Balaban J connectivity index is 2.13. The summed E-state index contributed by atoms with van der Waals surface area (Å²) in [5.41, 5.74) is 0.393. The van der Waals surface area contributed by atoms with Crippen molar-refractivity contribution in [2.75, 3.05) is 6.79 Å². The molecule has 2 aromatic rings. The topological polar surface area (TPSA) is 85.4 Å². The molecule has 0 unspecified atom stereocenters. The van der Waals surface area contributed by atoms with Crippen molar-refractivity contribution in [3.05, 3.63) is 63.5 Å². The van der Waals surface area contributed by atoms with Crippen molar-refractivity contribution in [1.29, 1.82) is 5.26 Å². The summed E-state index contributed by atoms with van der Waals surface area (Å²) >= 11 is 0. The lowest BCUT2D eigenvalue weighted by molar-refractivity contribution is -0.385. The Morgan fingerprint density at radius 2 is 2.04 bits per heavy atom. The molecule has 0 fully saturated rings. The van der Waals surface area contributed by atoms with E-state index in [2.05, 4.69) is 0 Å². The zero-order valence-electron chi connectivity index (χ0n) is 11.7. The fraction of sp³-hybridized carbons (Fsp3) is 0.0625. The van der Waals surface area contributed by atoms with Crippen LogP contribution in [-0.4, -0.2) is 11.7 Å². The molecule has 0 aromatic heterocycles. The largest absolute Gasteiger partial charge is 0.454 e. The monoisotopic (exact) mass is 312 g/mol. The zero-order valence-corrected chi connectivity index (χ0v) is 11.7. The second kappa shape index (κ2) is 5.77. The lowest BCUT2D eigenvalue weighted by atomic mass is 10.0. The summed E-state index contributed by atoms with van der Waals surface area (Å²) in [5, 5.41) is 20.5. The maximum atomic E-state index is 13.3. The molecule has 0 saturated carbocycles. The van der Waals surface area contributed by atoms with Crippen LogP contribution in [0.1, 0.15) is 11.1 Å². The molecule has 0 atom stereocenters. The maximum absolute atomic E-state index is 13.3. The Morgan fingerprint density at radius 3 is 2.70 bits per heavy atom. The van der Waals surface area contributed by atoms with Gasteiger partial charge >= 0.3 is 0 Å². The van der Waals surface area contributed by atoms with Crippen LogP contribution in [0.25, 0.3) is 11.6 Å². The highest BCUT2D eigenvalue weighted by molar-refractivity contribution is 5.91. The molecule has 0 N–H and O–H groups in total. The van der Waals surface area contributed by atoms with Gasteiger partial charge in [0.2, 0.25) is 6.79 Å². The number of allylic oxidation sites excluding steroid dienone is 1. The van der Waals surface area contributed by atoms with Crippen molar-refractivity contribution >= 4 is 17.3 Å². The zero-order chi connectivity index (χ0) is 16.4. The van der Waals surface area contributed by atoms with E-state index in [1.165, 1.54) is 36.4 Å². The van der Waals surface area contributed by atoms with Crippen LogP contribution >= 0.6 is 0 Å². The number of ether oxygens (including phenoxy) is 2. The molecule has 0 radical (unpaired) electrons. The summed E-state index contributed by atoms with van der Waals surface area (Å²) in [4.78, 5) is 10.6. The summed E-state index contributed by atoms with van der Waals surface area (Å²) in [6.07, 6.45) is 1.33. The molecule has 7 heteroatoms. The van der Waals surface area contributed by atoms with Crippen molar-refractivity contribution in [1.82, 2.24) is 0 Å². The Morgan fingerprint density at radius 1 is 1.30 bits per heavy atom. The molecule has 0 aliphatic carbocycles. The molecule has 0 amide bonds. The van der Waals surface area contributed by atoms with E-state index in [0.717, 1.165) is 0 Å². The predicted octanol–water partition coefficient (Wildman–Crippen LogP) is 3.53. The fourth-order valence-electron chi connectivity index (χ4n) is 2.21. The number of nitro benzene ring substituents is 1. The lowest BCUT2D eigenvalue weighted by Gasteiger charge is -2.03. The highest BCUT2D eigenvalue weighted by Crippen LogP contribution is 2.39. The third-order valence-electron chi connectivity index (χ3n) is 3.27. The van der Waals surface area contributed by atoms with Crippen LogP contribution in [0, 0.1) is 27.3 Å². The predicted molar refractivity (Wildman–Crippen MR) is 79.1 cm³/mol. The number of nitro groups is 1. The lowest BCUT2D eigenvalue weighted by Crippen LogP contribution is -1.93. The quantitative estimate of drug-likeness (QED) is 0.374. The minimum Gasteiger partial charge on any atom is -0.454 e. The van der Waals surface area contributed by atoms with Crippen LogP contribution in [0.4, 0.5) is 10.1 Å². The standard InChI is InChI=1S/C16H9FN2O4/c17-13-3-1-2-10(5-13)12(8-18)4-11-6-15-16(23-9-22-15)7-14(11)19(20)21/h1-7H,9H2. The molecule has 2 aromatic carbocycles. The van der Waals surface area contributed by atoms with Crippen molar-refractivity contribution in [2.45, 2.75) is 0 Å². The average molecular weight is 312 g/mol. The first kappa shape index (κ1) is 14.5. The van der Waals surface area contributed by atoms with Gasteiger partial charge in [0.1, 0.15) is 5.82 Å². The summed E-state index contributed by atoms with van der Waals surface area (Å²) in [6, 6.07) is 10.1. The van der Waals surface area contributed by atoms with Gasteiger partial charge in [-0.25, -0.2) is 4.39 Å². The Kier molecular flexibility index (Phi) is 3.65. The first-order valence-corrected chi connectivity index (χ1v) is 6.54. The van der Waals surface area contributed by atoms with E-state index in [0.29, 0.717) is 11.3 Å².